The predicted molar refractivity (Wildman–Crippen MR) is 87.1 cm³/mol. The largest absolute Gasteiger partial charge is 0.298 e. The van der Waals surface area contributed by atoms with Crippen molar-refractivity contribution >= 4 is 37.6 Å². The van der Waals surface area contributed by atoms with Crippen molar-refractivity contribution in [3.63, 3.8) is 0 Å². The summed E-state index contributed by atoms with van der Waals surface area (Å²) in [5.41, 5.74) is 0.904. The van der Waals surface area contributed by atoms with Crippen LogP contribution in [0.3, 0.4) is 0 Å². The molecule has 2 aliphatic rings. The van der Waals surface area contributed by atoms with Gasteiger partial charge < -0.3 is 0 Å². The van der Waals surface area contributed by atoms with Crippen LogP contribution < -0.4 is 0 Å². The van der Waals surface area contributed by atoms with Gasteiger partial charge in [-0.1, -0.05) is 6.07 Å². The maximum absolute atomic E-state index is 12.7. The fraction of sp³-hybridized carbons (Fsp3) is 0.571. The van der Waals surface area contributed by atoms with Crippen molar-refractivity contribution in [2.45, 2.75) is 29.7 Å². The maximum atomic E-state index is 12.7. The van der Waals surface area contributed by atoms with E-state index in [0.29, 0.717) is 34.4 Å². The molecule has 4 nitrogen and oxygen atoms in total. The molecule has 2 fully saturated rings. The number of alkyl halides is 1. The van der Waals surface area contributed by atoms with Crippen molar-refractivity contribution in [3.05, 3.63) is 28.2 Å². The molecule has 7 heteroatoms. The first-order valence-electron chi connectivity index (χ1n) is 7.11. The highest BCUT2D eigenvalue weighted by Crippen LogP contribution is 2.30. The van der Waals surface area contributed by atoms with Crippen LogP contribution >= 0.6 is 27.5 Å². The number of hydrogen-bond donors (Lipinski definition) is 0. The first kappa shape index (κ1) is 15.7. The van der Waals surface area contributed by atoms with E-state index in [1.807, 2.05) is 0 Å². The third-order valence-electron chi connectivity index (χ3n) is 4.10. The summed E-state index contributed by atoms with van der Waals surface area (Å²) >= 11 is 9.14. The summed E-state index contributed by atoms with van der Waals surface area (Å²) in [6.45, 7) is 2.81. The second-order valence-corrected chi connectivity index (χ2v) is 8.60. The predicted octanol–water partition coefficient (Wildman–Crippen LogP) is 2.66. The molecule has 0 amide bonds. The van der Waals surface area contributed by atoms with Gasteiger partial charge in [0, 0.05) is 42.6 Å². The quantitative estimate of drug-likeness (QED) is 0.738. The SMILES string of the molecule is O=S(=O)(c1ccc(CCl)cc1Br)N1CCN(C2CC2)CC1. The third-order valence-corrected chi connectivity index (χ3v) is 7.29. The molecule has 0 atom stereocenters. The Morgan fingerprint density at radius 3 is 2.38 bits per heavy atom. The Bertz CT molecular complexity index is 626. The summed E-state index contributed by atoms with van der Waals surface area (Å²) in [6, 6.07) is 5.89. The van der Waals surface area contributed by atoms with Crippen LogP contribution in [-0.4, -0.2) is 49.8 Å². The molecule has 1 saturated carbocycles. The Hall–Kier alpha value is -0.140. The summed E-state index contributed by atoms with van der Waals surface area (Å²) in [4.78, 5) is 2.73. The minimum Gasteiger partial charge on any atom is -0.298 e. The number of nitrogens with zero attached hydrogens (tertiary/aromatic N) is 2. The molecular formula is C14H18BrClN2O2S. The van der Waals surface area contributed by atoms with Gasteiger partial charge in [-0.2, -0.15) is 4.31 Å². The molecule has 0 spiro atoms. The van der Waals surface area contributed by atoms with E-state index in [2.05, 4.69) is 20.8 Å². The number of halogens is 2. The van der Waals surface area contributed by atoms with E-state index in [1.165, 1.54) is 12.8 Å². The maximum Gasteiger partial charge on any atom is 0.244 e. The normalized spacial score (nSPS) is 21.6. The number of sulfonamides is 1. The number of hydrogen-bond acceptors (Lipinski definition) is 3. The average Bonchev–Trinajstić information content (AvgIpc) is 3.31. The number of piperazine rings is 1. The van der Waals surface area contributed by atoms with Gasteiger partial charge in [-0.05, 0) is 46.5 Å². The fourth-order valence-corrected chi connectivity index (χ4v) is 5.40. The molecule has 1 aromatic carbocycles. The number of benzene rings is 1. The summed E-state index contributed by atoms with van der Waals surface area (Å²) in [6.07, 6.45) is 2.52. The van der Waals surface area contributed by atoms with Gasteiger partial charge in [-0.15, -0.1) is 11.6 Å². The van der Waals surface area contributed by atoms with Gasteiger partial charge in [0.25, 0.3) is 0 Å². The molecule has 116 valence electrons. The Labute approximate surface area is 139 Å². The van der Waals surface area contributed by atoms with Crippen molar-refractivity contribution < 1.29 is 8.42 Å². The lowest BCUT2D eigenvalue weighted by Crippen LogP contribution is -2.49. The average molecular weight is 394 g/mol. The highest BCUT2D eigenvalue weighted by molar-refractivity contribution is 9.10. The lowest BCUT2D eigenvalue weighted by atomic mass is 10.2. The van der Waals surface area contributed by atoms with Gasteiger partial charge in [0.2, 0.25) is 10.0 Å². The van der Waals surface area contributed by atoms with Crippen LogP contribution in [-0.2, 0) is 15.9 Å². The minimum absolute atomic E-state index is 0.330. The van der Waals surface area contributed by atoms with Crippen LogP contribution in [0.1, 0.15) is 18.4 Å². The molecule has 1 aromatic rings. The molecular weight excluding hydrogens is 376 g/mol. The zero-order chi connectivity index (χ0) is 15.0. The lowest BCUT2D eigenvalue weighted by Gasteiger charge is -2.34. The van der Waals surface area contributed by atoms with E-state index >= 15 is 0 Å². The smallest absolute Gasteiger partial charge is 0.244 e. The molecule has 0 unspecified atom stereocenters. The molecule has 0 radical (unpaired) electrons. The second-order valence-electron chi connectivity index (χ2n) is 5.57. The monoisotopic (exact) mass is 392 g/mol. The fourth-order valence-electron chi connectivity index (χ4n) is 2.72. The molecule has 1 aliphatic heterocycles. The molecule has 1 heterocycles. The van der Waals surface area contributed by atoms with Crippen molar-refractivity contribution in [2.75, 3.05) is 26.2 Å². The van der Waals surface area contributed by atoms with Crippen molar-refractivity contribution in [3.8, 4) is 0 Å². The highest BCUT2D eigenvalue weighted by Gasteiger charge is 2.35. The second kappa shape index (κ2) is 6.16. The molecule has 3 rings (SSSR count). The van der Waals surface area contributed by atoms with Crippen LogP contribution in [0.15, 0.2) is 27.6 Å². The Morgan fingerprint density at radius 1 is 1.19 bits per heavy atom. The van der Waals surface area contributed by atoms with Crippen LogP contribution in [0, 0.1) is 0 Å². The van der Waals surface area contributed by atoms with Crippen molar-refractivity contribution in [1.29, 1.82) is 0 Å². The first-order valence-corrected chi connectivity index (χ1v) is 9.88. The molecule has 1 aliphatic carbocycles. The van der Waals surface area contributed by atoms with Crippen LogP contribution in [0.4, 0.5) is 0 Å². The highest BCUT2D eigenvalue weighted by atomic mass is 79.9. The number of rotatable bonds is 4. The van der Waals surface area contributed by atoms with E-state index in [0.717, 1.165) is 18.7 Å². The molecule has 21 heavy (non-hydrogen) atoms. The Balaban J connectivity index is 1.77. The minimum atomic E-state index is -3.43. The topological polar surface area (TPSA) is 40.6 Å². The molecule has 0 bridgehead atoms. The van der Waals surface area contributed by atoms with Gasteiger partial charge in [0.15, 0.2) is 0 Å². The van der Waals surface area contributed by atoms with Gasteiger partial charge in [-0.25, -0.2) is 8.42 Å². The molecule has 1 saturated heterocycles. The van der Waals surface area contributed by atoms with E-state index < -0.39 is 10.0 Å². The van der Waals surface area contributed by atoms with E-state index in [-0.39, 0.29) is 0 Å². The van der Waals surface area contributed by atoms with Crippen LogP contribution in [0.25, 0.3) is 0 Å². The van der Waals surface area contributed by atoms with E-state index in [1.54, 1.807) is 22.5 Å². The van der Waals surface area contributed by atoms with Gasteiger partial charge in [0.1, 0.15) is 0 Å². The van der Waals surface area contributed by atoms with Crippen LogP contribution in [0.2, 0.25) is 0 Å². The van der Waals surface area contributed by atoms with Crippen molar-refractivity contribution in [2.24, 2.45) is 0 Å². The summed E-state index contributed by atoms with van der Waals surface area (Å²) in [7, 11) is -3.43. The first-order chi connectivity index (χ1) is 10.0. The Kier molecular flexibility index (Phi) is 4.62. The summed E-state index contributed by atoms with van der Waals surface area (Å²) in [5.74, 6) is 0.374. The van der Waals surface area contributed by atoms with E-state index in [4.69, 9.17) is 11.6 Å². The van der Waals surface area contributed by atoms with Gasteiger partial charge in [-0.3, -0.25) is 4.90 Å². The zero-order valence-corrected chi connectivity index (χ0v) is 14.8. The van der Waals surface area contributed by atoms with Crippen LogP contribution in [0.5, 0.6) is 0 Å². The van der Waals surface area contributed by atoms with Gasteiger partial charge in [0.05, 0.1) is 4.90 Å². The summed E-state index contributed by atoms with van der Waals surface area (Å²) < 4.78 is 27.7. The lowest BCUT2D eigenvalue weighted by molar-refractivity contribution is 0.180. The third kappa shape index (κ3) is 3.29. The zero-order valence-electron chi connectivity index (χ0n) is 11.6. The van der Waals surface area contributed by atoms with E-state index in [9.17, 15) is 8.42 Å². The molecule has 0 N–H and O–H groups in total. The van der Waals surface area contributed by atoms with Gasteiger partial charge >= 0.3 is 0 Å². The Morgan fingerprint density at radius 2 is 1.86 bits per heavy atom. The summed E-state index contributed by atoms with van der Waals surface area (Å²) in [5, 5.41) is 0. The van der Waals surface area contributed by atoms with Crippen molar-refractivity contribution in [1.82, 2.24) is 9.21 Å². The standard InChI is InChI=1S/C14H18BrClN2O2S/c15-13-9-11(10-16)1-4-14(13)21(19,20)18-7-5-17(6-8-18)12-2-3-12/h1,4,9,12H,2-3,5-8,10H2. The molecule has 0 aromatic heterocycles.